The van der Waals surface area contributed by atoms with Crippen molar-refractivity contribution < 1.29 is 0 Å². The molecule has 2 aliphatic rings. The molecule has 3 heteroatoms. The fourth-order valence-corrected chi connectivity index (χ4v) is 17.3. The molecule has 0 saturated carbocycles. The van der Waals surface area contributed by atoms with Gasteiger partial charge in [0, 0.05) is 26.9 Å². The van der Waals surface area contributed by atoms with E-state index in [-0.39, 0.29) is 0 Å². The third kappa shape index (κ3) is 5.92. The number of anilines is 3. The van der Waals surface area contributed by atoms with Crippen LogP contribution in [-0.4, -0.2) is 8.07 Å². The van der Waals surface area contributed by atoms with Crippen LogP contribution in [-0.2, 0) is 5.41 Å². The molecule has 0 atom stereocenters. The first-order valence-electron chi connectivity index (χ1n) is 22.1. The van der Waals surface area contributed by atoms with Gasteiger partial charge in [-0.15, -0.1) is 0 Å². The van der Waals surface area contributed by atoms with Crippen LogP contribution in [0.5, 0.6) is 0 Å². The molecule has 0 fully saturated rings. The van der Waals surface area contributed by atoms with Crippen LogP contribution in [0, 0.1) is 0 Å². The smallest absolute Gasteiger partial charge is 0.180 e. The summed E-state index contributed by atoms with van der Waals surface area (Å²) >= 11 is 1.90. The van der Waals surface area contributed by atoms with Crippen LogP contribution in [0.1, 0.15) is 22.3 Å². The summed E-state index contributed by atoms with van der Waals surface area (Å²) in [7, 11) is -3.07. The van der Waals surface area contributed by atoms with E-state index in [1.165, 1.54) is 75.0 Å². The van der Waals surface area contributed by atoms with E-state index in [1.54, 1.807) is 0 Å². The summed E-state index contributed by atoms with van der Waals surface area (Å²) in [4.78, 5) is 5.09. The molecule has 0 radical (unpaired) electrons. The molecule has 2 heterocycles. The normalized spacial score (nSPS) is 13.8. The van der Waals surface area contributed by atoms with Crippen LogP contribution in [0.15, 0.2) is 271 Å². The van der Waals surface area contributed by atoms with Crippen molar-refractivity contribution in [3.05, 3.63) is 283 Å². The molecular formula is C61H43NSSi. The third-order valence-corrected chi connectivity index (χ3v) is 19.4. The van der Waals surface area contributed by atoms with Crippen molar-refractivity contribution >= 4 is 57.6 Å². The van der Waals surface area contributed by atoms with E-state index in [1.807, 2.05) is 11.8 Å². The van der Waals surface area contributed by atoms with Gasteiger partial charge in [-0.05, 0) is 120 Å². The van der Waals surface area contributed by atoms with Crippen LogP contribution >= 0.6 is 11.8 Å². The fraction of sp³-hybridized carbons (Fsp3) is 0.0164. The van der Waals surface area contributed by atoms with E-state index in [0.717, 1.165) is 17.1 Å². The summed E-state index contributed by atoms with van der Waals surface area (Å²) < 4.78 is 0. The molecule has 12 rings (SSSR count). The van der Waals surface area contributed by atoms with Gasteiger partial charge in [-0.2, -0.15) is 0 Å². The summed E-state index contributed by atoms with van der Waals surface area (Å²) in [6.07, 6.45) is 0. The zero-order valence-electron chi connectivity index (χ0n) is 35.2. The van der Waals surface area contributed by atoms with Crippen molar-refractivity contribution in [3.8, 4) is 22.3 Å². The van der Waals surface area contributed by atoms with Crippen LogP contribution in [0.3, 0.4) is 0 Å². The fourth-order valence-electron chi connectivity index (χ4n) is 10.8. The summed E-state index contributed by atoms with van der Waals surface area (Å²) in [5, 5.41) is 5.58. The van der Waals surface area contributed by atoms with Gasteiger partial charge >= 0.3 is 0 Å². The Morgan fingerprint density at radius 2 is 0.734 bits per heavy atom. The Balaban J connectivity index is 1.22. The molecule has 2 aliphatic heterocycles. The second-order valence-corrected chi connectivity index (χ2v) is 21.6. The average molecular weight is 850 g/mol. The van der Waals surface area contributed by atoms with Crippen LogP contribution in [0.2, 0.25) is 0 Å². The van der Waals surface area contributed by atoms with Crippen LogP contribution in [0.4, 0.5) is 17.1 Å². The predicted octanol–water partition coefficient (Wildman–Crippen LogP) is 13.0. The Hall–Kier alpha value is -7.43. The monoisotopic (exact) mass is 849 g/mol. The molecule has 0 N–H and O–H groups in total. The summed E-state index contributed by atoms with van der Waals surface area (Å²) in [5.41, 5.74) is 12.9. The number of fused-ring (bicyclic) bond motifs is 8. The number of hydrogen-bond donors (Lipinski definition) is 0. The topological polar surface area (TPSA) is 3.24 Å². The summed E-state index contributed by atoms with van der Waals surface area (Å²) in [6, 6.07) is 97.7. The number of nitrogens with zero attached hydrogens (tertiary/aromatic N) is 1. The maximum absolute atomic E-state index is 3.07. The lowest BCUT2D eigenvalue weighted by Gasteiger charge is -2.52. The summed E-state index contributed by atoms with van der Waals surface area (Å²) in [6.45, 7) is 0. The van der Waals surface area contributed by atoms with Crippen molar-refractivity contribution in [2.24, 2.45) is 0 Å². The van der Waals surface area contributed by atoms with Crippen LogP contribution in [0.25, 0.3) is 22.3 Å². The van der Waals surface area contributed by atoms with Crippen molar-refractivity contribution in [1.29, 1.82) is 0 Å². The molecule has 10 aromatic carbocycles. The Bertz CT molecular complexity index is 3160. The van der Waals surface area contributed by atoms with Gasteiger partial charge in [0.1, 0.15) is 0 Å². The van der Waals surface area contributed by atoms with Gasteiger partial charge in [-0.3, -0.25) is 0 Å². The number of hydrogen-bond acceptors (Lipinski definition) is 2. The predicted molar refractivity (Wildman–Crippen MR) is 272 cm³/mol. The molecule has 10 aromatic rings. The largest absolute Gasteiger partial charge is 0.310 e. The molecule has 0 aliphatic carbocycles. The zero-order chi connectivity index (χ0) is 42.5. The average Bonchev–Trinajstić information content (AvgIpc) is 3.38. The highest BCUT2D eigenvalue weighted by atomic mass is 32.2. The molecule has 0 amide bonds. The first-order chi connectivity index (χ1) is 31.7. The standard InChI is InChI=1S/C61H43NSSi/c1-6-22-44(23-7-1)46-40-47(45-24-8-2-9-25-45)42-50(41-46)62(48-26-10-3-11-27-48)49-38-39-56-60(43-49)64(51-28-12-4-13-29-51,52-30-14-5-15-31-52)59-37-21-18-34-55(59)61(56)53-32-16-19-35-57(53)63-58-36-20-17-33-54(58)61/h1-43H. The van der Waals surface area contributed by atoms with Crippen molar-refractivity contribution in [3.63, 3.8) is 0 Å². The molecule has 0 unspecified atom stereocenters. The quantitative estimate of drug-likeness (QED) is 0.147. The minimum absolute atomic E-state index is 0.561. The molecule has 64 heavy (non-hydrogen) atoms. The van der Waals surface area contributed by atoms with Gasteiger partial charge in [0.05, 0.1) is 5.41 Å². The SMILES string of the molecule is c1ccc(-c2cc(-c3ccccc3)cc(N(c3ccccc3)c3ccc4c(c3)[Si](c3ccccc3)(c3ccccc3)c3ccccc3C43c4ccccc4Sc4ccccc43)c2)cc1. The van der Waals surface area contributed by atoms with Gasteiger partial charge in [0.25, 0.3) is 0 Å². The lowest BCUT2D eigenvalue weighted by atomic mass is 9.64. The van der Waals surface area contributed by atoms with Gasteiger partial charge < -0.3 is 4.90 Å². The van der Waals surface area contributed by atoms with E-state index in [2.05, 4.69) is 266 Å². The number of benzene rings is 10. The van der Waals surface area contributed by atoms with E-state index >= 15 is 0 Å². The zero-order valence-corrected chi connectivity index (χ0v) is 37.0. The van der Waals surface area contributed by atoms with Crippen molar-refractivity contribution in [2.45, 2.75) is 15.2 Å². The van der Waals surface area contributed by atoms with Crippen molar-refractivity contribution in [2.75, 3.05) is 4.90 Å². The minimum atomic E-state index is -3.07. The second kappa shape index (κ2) is 15.7. The second-order valence-electron chi connectivity index (χ2n) is 16.8. The highest BCUT2D eigenvalue weighted by Crippen LogP contribution is 2.57. The third-order valence-electron chi connectivity index (χ3n) is 13.4. The Labute approximate surface area is 381 Å². The van der Waals surface area contributed by atoms with E-state index in [0.29, 0.717) is 0 Å². The molecule has 0 bridgehead atoms. The molecule has 302 valence electrons. The maximum Gasteiger partial charge on any atom is 0.180 e. The van der Waals surface area contributed by atoms with E-state index in [9.17, 15) is 0 Å². The van der Waals surface area contributed by atoms with Gasteiger partial charge in [0.15, 0.2) is 8.07 Å². The lowest BCUT2D eigenvalue weighted by Crippen LogP contribution is -2.79. The molecule has 0 saturated heterocycles. The lowest BCUT2D eigenvalue weighted by molar-refractivity contribution is 0.707. The Morgan fingerprint density at radius 1 is 0.297 bits per heavy atom. The maximum atomic E-state index is 2.59. The number of rotatable bonds is 7. The van der Waals surface area contributed by atoms with E-state index in [4.69, 9.17) is 0 Å². The first kappa shape index (κ1) is 38.3. The van der Waals surface area contributed by atoms with Gasteiger partial charge in [-0.25, -0.2) is 0 Å². The van der Waals surface area contributed by atoms with Gasteiger partial charge in [-0.1, -0.05) is 218 Å². The minimum Gasteiger partial charge on any atom is -0.310 e. The van der Waals surface area contributed by atoms with E-state index < -0.39 is 13.5 Å². The van der Waals surface area contributed by atoms with Crippen molar-refractivity contribution in [1.82, 2.24) is 0 Å². The molecular weight excluding hydrogens is 807 g/mol. The van der Waals surface area contributed by atoms with Crippen LogP contribution < -0.4 is 25.6 Å². The summed E-state index contributed by atoms with van der Waals surface area (Å²) in [5.74, 6) is 0. The van der Waals surface area contributed by atoms with Gasteiger partial charge in [0.2, 0.25) is 0 Å². The highest BCUT2D eigenvalue weighted by Gasteiger charge is 2.57. The Kier molecular flexibility index (Phi) is 9.40. The molecule has 0 aromatic heterocycles. The number of para-hydroxylation sites is 1. The molecule has 1 nitrogen and oxygen atoms in total. The first-order valence-corrected chi connectivity index (χ1v) is 24.9. The molecule has 1 spiro atoms. The highest BCUT2D eigenvalue weighted by molar-refractivity contribution is 7.99. The Morgan fingerprint density at radius 3 is 1.28 bits per heavy atom.